The molecule has 59 heavy (non-hydrogen) atoms. The van der Waals surface area contributed by atoms with Crippen LogP contribution in [0.1, 0.15) is 30.4 Å². The first-order chi connectivity index (χ1) is 27.8. The quantitative estimate of drug-likeness (QED) is 0.0995. The van der Waals surface area contributed by atoms with Crippen molar-refractivity contribution in [3.05, 3.63) is 95.0 Å². The van der Waals surface area contributed by atoms with Crippen molar-refractivity contribution in [2.75, 3.05) is 46.4 Å². The molecule has 1 saturated heterocycles. The number of aliphatic carboxylic acids is 1. The van der Waals surface area contributed by atoms with Gasteiger partial charge in [0.25, 0.3) is 6.01 Å². The number of carbonyl (C=O) groups is 1. The molecule has 1 N–H and O–H groups in total. The first-order valence-corrected chi connectivity index (χ1v) is 19.2. The molecule has 0 saturated carbocycles. The molecule has 12 nitrogen and oxygen atoms in total. The number of para-hydroxylation sites is 1. The summed E-state index contributed by atoms with van der Waals surface area (Å²) in [5.41, 5.74) is 1.25. The van der Waals surface area contributed by atoms with E-state index >= 15 is 4.39 Å². The maximum atomic E-state index is 16.6. The fourth-order valence-electron chi connectivity index (χ4n) is 6.57. The third-order valence-corrected chi connectivity index (χ3v) is 11.2. The highest BCUT2D eigenvalue weighted by Crippen LogP contribution is 2.50. The van der Waals surface area contributed by atoms with Crippen molar-refractivity contribution in [2.45, 2.75) is 46.0 Å². The van der Waals surface area contributed by atoms with E-state index in [0.29, 0.717) is 50.2 Å². The van der Waals surface area contributed by atoms with E-state index in [2.05, 4.69) is 31.9 Å². The Balaban J connectivity index is 0.00000585. The highest BCUT2D eigenvalue weighted by atomic mass is 35.5. The first-order valence-electron chi connectivity index (χ1n) is 18.0. The molecule has 0 aliphatic carbocycles. The van der Waals surface area contributed by atoms with Gasteiger partial charge in [0.2, 0.25) is 12.0 Å². The summed E-state index contributed by atoms with van der Waals surface area (Å²) in [4.78, 5) is 26.6. The third kappa shape index (κ3) is 9.78. The van der Waals surface area contributed by atoms with E-state index in [0.717, 1.165) is 49.9 Å². The van der Waals surface area contributed by atoms with Gasteiger partial charge in [0.05, 0.1) is 21.0 Å². The summed E-state index contributed by atoms with van der Waals surface area (Å²) in [6, 6.07) is 12.1. The van der Waals surface area contributed by atoms with Gasteiger partial charge in [-0.05, 0) is 49.4 Å². The van der Waals surface area contributed by atoms with Gasteiger partial charge >= 0.3 is 12.1 Å². The maximum Gasteiger partial charge on any atom is 0.408 e. The third-order valence-electron chi connectivity index (χ3n) is 9.60. The molecule has 0 unspecified atom stereocenters. The number of hydrogen-bond donors (Lipinski definition) is 1. The predicted octanol–water partition coefficient (Wildman–Crippen LogP) is 8.86. The summed E-state index contributed by atoms with van der Waals surface area (Å²) >= 11 is 8.00. The van der Waals surface area contributed by atoms with Gasteiger partial charge in [-0.1, -0.05) is 43.3 Å². The number of ether oxygens (including phenoxy) is 3. The lowest BCUT2D eigenvalue weighted by atomic mass is 9.97. The van der Waals surface area contributed by atoms with Crippen LogP contribution in [0, 0.1) is 12.9 Å². The molecule has 314 valence electrons. The molecule has 5 heterocycles. The van der Waals surface area contributed by atoms with E-state index in [1.165, 1.54) is 42.6 Å². The van der Waals surface area contributed by atoms with Crippen molar-refractivity contribution in [2.24, 2.45) is 0 Å². The van der Waals surface area contributed by atoms with E-state index in [1.807, 2.05) is 0 Å². The molecule has 0 spiro atoms. The lowest BCUT2D eigenvalue weighted by molar-refractivity contribution is -0.148. The maximum absolute atomic E-state index is 16.6. The van der Waals surface area contributed by atoms with Crippen LogP contribution in [-0.2, 0) is 17.9 Å². The van der Waals surface area contributed by atoms with Gasteiger partial charge in [-0.25, -0.2) is 19.2 Å². The van der Waals surface area contributed by atoms with Crippen molar-refractivity contribution >= 4 is 39.1 Å². The van der Waals surface area contributed by atoms with Gasteiger partial charge in [0, 0.05) is 56.1 Å². The van der Waals surface area contributed by atoms with Crippen LogP contribution in [0.15, 0.2) is 71.5 Å². The monoisotopic (exact) mass is 862 g/mol. The molecular formula is C40H40ClF5N6O6S. The van der Waals surface area contributed by atoms with Crippen LogP contribution in [0.4, 0.5) is 22.0 Å². The minimum Gasteiger partial charge on any atom is -0.491 e. The number of carboxylic acids is 1. The Hall–Kier alpha value is -5.30. The number of likely N-dealkylation sites (N-methyl/N-ethyl adjacent to an activating group) is 1. The number of halogens is 6. The number of fused-ring (bicyclic) bond motifs is 1. The average molecular weight is 863 g/mol. The number of carboxylic acid groups (broad SMARTS) is 1. The highest BCUT2D eigenvalue weighted by Gasteiger charge is 2.36. The fourth-order valence-corrected chi connectivity index (χ4v) is 7.90. The predicted molar refractivity (Wildman–Crippen MR) is 211 cm³/mol. The molecule has 2 aromatic carbocycles. The summed E-state index contributed by atoms with van der Waals surface area (Å²) in [6.45, 7) is 4.84. The van der Waals surface area contributed by atoms with Crippen LogP contribution < -0.4 is 14.2 Å². The molecule has 6 aromatic rings. The molecule has 0 bridgehead atoms. The lowest BCUT2D eigenvalue weighted by Gasteiger charge is -2.32. The Bertz CT molecular complexity index is 2400. The normalized spacial score (nSPS) is 14.8. The molecule has 4 aromatic heterocycles. The first kappa shape index (κ1) is 43.3. The number of piperazine rings is 1. The number of alkyl halides is 4. The molecular weight excluding hydrogens is 823 g/mol. The number of furan rings is 1. The number of aromatic nitrogens is 4. The smallest absolute Gasteiger partial charge is 0.408 e. The summed E-state index contributed by atoms with van der Waals surface area (Å²) in [7, 11) is 2.08. The molecule has 2 atom stereocenters. The lowest BCUT2D eigenvalue weighted by Crippen LogP contribution is -2.45. The highest BCUT2D eigenvalue weighted by molar-refractivity contribution is 7.22. The van der Waals surface area contributed by atoms with Gasteiger partial charge in [-0.3, -0.25) is 9.58 Å². The van der Waals surface area contributed by atoms with Gasteiger partial charge in [0.15, 0.2) is 6.17 Å². The summed E-state index contributed by atoms with van der Waals surface area (Å²) in [5.74, 6) is -1.56. The summed E-state index contributed by atoms with van der Waals surface area (Å²) in [5, 5.41) is 14.5. The van der Waals surface area contributed by atoms with E-state index in [4.69, 9.17) is 30.2 Å². The minimum absolute atomic E-state index is 0. The molecule has 1 aliphatic rings. The Morgan fingerprint density at radius 1 is 1.03 bits per heavy atom. The number of hydrogen-bond acceptors (Lipinski definition) is 11. The van der Waals surface area contributed by atoms with Crippen molar-refractivity contribution in [3.63, 3.8) is 0 Å². The van der Waals surface area contributed by atoms with Gasteiger partial charge in [0.1, 0.15) is 48.2 Å². The van der Waals surface area contributed by atoms with E-state index in [1.54, 1.807) is 19.1 Å². The number of thiophene rings is 1. The van der Waals surface area contributed by atoms with Crippen LogP contribution in [0.2, 0.25) is 5.02 Å². The number of rotatable bonds is 15. The Morgan fingerprint density at radius 3 is 2.51 bits per heavy atom. The Kier molecular flexibility index (Phi) is 13.4. The van der Waals surface area contributed by atoms with Crippen LogP contribution >= 0.6 is 22.9 Å². The molecule has 1 fully saturated rings. The fraction of sp³-hybridized carbons (Fsp3) is 0.350. The molecule has 1 aliphatic heterocycles. The zero-order valence-electron chi connectivity index (χ0n) is 31.0. The van der Waals surface area contributed by atoms with Crippen molar-refractivity contribution in [3.8, 4) is 39.1 Å². The summed E-state index contributed by atoms with van der Waals surface area (Å²) < 4.78 is 93.9. The molecule has 7 rings (SSSR count). The zero-order chi connectivity index (χ0) is 41.1. The SMILES string of the molecule is C.Cc1c(-c2c(-c3ccc(F)o3)sc3ncnc(O[C@@H](C(=O)O)[C@@H](F)c4ccccc4OCc4ccnn4CC(F)(F)F)c23)ccc(OCCN2CCN(C)CC2)c1Cl. The topological polar surface area (TPSA) is 128 Å². The Morgan fingerprint density at radius 2 is 1.80 bits per heavy atom. The standard InChI is InChI=1S/C39H36ClF5N6O6S.CH4/c1-22-24(7-8-27(32(22)40)54-18-17-50-15-13-49(2)14-16-50)30-31-36(46-21-47-37(31)58-35(30)28-9-10-29(41)56-28)57-34(38(52)53)33(42)25-5-3-4-6-26(25)55-19-23-11-12-48-51(23)20-39(43,44)45;/h3-12,21,33-34H,13-20H2,1-2H3,(H,52,53);1H4/t33-,34+;/m0./s1. The second-order valence-corrected chi connectivity index (χ2v) is 14.9. The van der Waals surface area contributed by atoms with E-state index in [-0.39, 0.29) is 46.3 Å². The second kappa shape index (κ2) is 18.3. The molecule has 19 heteroatoms. The zero-order valence-corrected chi connectivity index (χ0v) is 32.6. The van der Waals surface area contributed by atoms with Gasteiger partial charge in [-0.2, -0.15) is 22.7 Å². The molecule has 0 radical (unpaired) electrons. The van der Waals surface area contributed by atoms with Crippen LogP contribution in [0.5, 0.6) is 17.4 Å². The largest absolute Gasteiger partial charge is 0.491 e. The van der Waals surface area contributed by atoms with Crippen molar-refractivity contribution in [1.82, 2.24) is 29.5 Å². The van der Waals surface area contributed by atoms with Crippen LogP contribution in [-0.4, -0.2) is 99.3 Å². The number of nitrogens with zero attached hydrogens (tertiary/aromatic N) is 6. The van der Waals surface area contributed by atoms with Crippen molar-refractivity contribution in [1.29, 1.82) is 0 Å². The van der Waals surface area contributed by atoms with E-state index in [9.17, 15) is 27.5 Å². The number of benzene rings is 2. The Labute approximate surface area is 344 Å². The molecule has 0 amide bonds. The van der Waals surface area contributed by atoms with Crippen LogP contribution in [0.25, 0.3) is 32.0 Å². The van der Waals surface area contributed by atoms with Crippen LogP contribution in [0.3, 0.4) is 0 Å². The van der Waals surface area contributed by atoms with Gasteiger partial charge < -0.3 is 28.6 Å². The summed E-state index contributed by atoms with van der Waals surface area (Å²) in [6.07, 6.45) is -6.85. The average Bonchev–Trinajstić information content (AvgIpc) is 3.93. The van der Waals surface area contributed by atoms with Gasteiger partial charge in [-0.15, -0.1) is 11.3 Å². The van der Waals surface area contributed by atoms with Crippen molar-refractivity contribution < 1.29 is 50.5 Å². The second-order valence-electron chi connectivity index (χ2n) is 13.5. The minimum atomic E-state index is -4.55. The van der Waals surface area contributed by atoms with E-state index < -0.39 is 43.6 Å².